The predicted octanol–water partition coefficient (Wildman–Crippen LogP) is 4.01. The van der Waals surface area contributed by atoms with Crippen molar-refractivity contribution in [3.05, 3.63) is 47.9 Å². The number of thioether (sulfide) groups is 1. The van der Waals surface area contributed by atoms with Crippen LogP contribution >= 0.6 is 11.8 Å². The molecule has 1 N–H and O–H groups in total. The first-order valence-electron chi connectivity index (χ1n) is 6.90. The number of benzene rings is 1. The molecule has 0 fully saturated rings. The van der Waals surface area contributed by atoms with Crippen LogP contribution in [0.4, 0.5) is 5.82 Å². The third kappa shape index (κ3) is 4.53. The second-order valence-corrected chi connectivity index (χ2v) is 6.16. The van der Waals surface area contributed by atoms with Crippen molar-refractivity contribution < 1.29 is 0 Å². The van der Waals surface area contributed by atoms with Gasteiger partial charge in [-0.25, -0.2) is 9.97 Å². The predicted molar refractivity (Wildman–Crippen MR) is 86.1 cm³/mol. The highest BCUT2D eigenvalue weighted by Crippen LogP contribution is 2.22. The summed E-state index contributed by atoms with van der Waals surface area (Å²) >= 11 is 1.77. The first-order chi connectivity index (χ1) is 9.67. The number of rotatable bonds is 6. The zero-order valence-corrected chi connectivity index (χ0v) is 13.1. The van der Waals surface area contributed by atoms with Crippen LogP contribution in [0.25, 0.3) is 0 Å². The fourth-order valence-electron chi connectivity index (χ4n) is 1.93. The van der Waals surface area contributed by atoms with Crippen LogP contribution in [-0.4, -0.2) is 17.0 Å². The molecule has 0 aliphatic rings. The number of hydrogen-bond donors (Lipinski definition) is 1. The van der Waals surface area contributed by atoms with E-state index in [9.17, 15) is 0 Å². The third-order valence-corrected chi connectivity index (χ3v) is 3.82. The van der Waals surface area contributed by atoms with Crippen molar-refractivity contribution in [3.8, 4) is 0 Å². The van der Waals surface area contributed by atoms with Gasteiger partial charge in [-0.15, -0.1) is 11.8 Å². The van der Waals surface area contributed by atoms with Gasteiger partial charge in [0.25, 0.3) is 0 Å². The summed E-state index contributed by atoms with van der Waals surface area (Å²) in [7, 11) is 1.90. The summed E-state index contributed by atoms with van der Waals surface area (Å²) in [6.07, 6.45) is 0.986. The van der Waals surface area contributed by atoms with E-state index in [0.29, 0.717) is 5.92 Å². The van der Waals surface area contributed by atoms with Crippen LogP contribution in [0.1, 0.15) is 25.4 Å². The lowest BCUT2D eigenvalue weighted by Crippen LogP contribution is -2.05. The molecule has 0 spiro atoms. The fraction of sp³-hybridized carbons (Fsp3) is 0.375. The van der Waals surface area contributed by atoms with Gasteiger partial charge in [-0.2, -0.15) is 0 Å². The fourth-order valence-corrected chi connectivity index (χ4v) is 2.71. The van der Waals surface area contributed by atoms with Gasteiger partial charge >= 0.3 is 0 Å². The summed E-state index contributed by atoms with van der Waals surface area (Å²) in [5, 5.41) is 3.12. The lowest BCUT2D eigenvalue weighted by molar-refractivity contribution is 0.632. The van der Waals surface area contributed by atoms with Crippen molar-refractivity contribution in [3.63, 3.8) is 0 Å². The summed E-state index contributed by atoms with van der Waals surface area (Å²) in [6, 6.07) is 12.4. The Morgan fingerprint density at radius 2 is 1.90 bits per heavy atom. The Kier molecular flexibility index (Phi) is 5.41. The highest BCUT2D eigenvalue weighted by molar-refractivity contribution is 7.98. The maximum absolute atomic E-state index is 4.66. The molecule has 0 unspecified atom stereocenters. The molecule has 0 atom stereocenters. The Labute approximate surface area is 125 Å². The molecule has 0 bridgehead atoms. The number of nitrogens with one attached hydrogen (secondary N) is 1. The molecule has 2 aromatic rings. The zero-order valence-electron chi connectivity index (χ0n) is 12.3. The van der Waals surface area contributed by atoms with E-state index in [0.717, 1.165) is 29.5 Å². The van der Waals surface area contributed by atoms with Crippen molar-refractivity contribution >= 4 is 17.6 Å². The molecule has 1 aromatic carbocycles. The van der Waals surface area contributed by atoms with Crippen molar-refractivity contribution in [2.75, 3.05) is 12.4 Å². The normalized spacial score (nSPS) is 10.8. The molecule has 0 saturated carbocycles. The minimum atomic E-state index is 0.601. The summed E-state index contributed by atoms with van der Waals surface area (Å²) in [4.78, 5) is 10.4. The van der Waals surface area contributed by atoms with E-state index in [1.54, 1.807) is 11.8 Å². The Morgan fingerprint density at radius 1 is 1.15 bits per heavy atom. The molecule has 106 valence electrons. The van der Waals surface area contributed by atoms with Gasteiger partial charge in [0.2, 0.25) is 0 Å². The Balaban J connectivity index is 2.10. The van der Waals surface area contributed by atoms with Crippen LogP contribution in [0.2, 0.25) is 0 Å². The zero-order chi connectivity index (χ0) is 14.4. The lowest BCUT2D eigenvalue weighted by atomic mass is 10.1. The largest absolute Gasteiger partial charge is 0.373 e. The smallest absolute Gasteiger partial charge is 0.141 e. The average molecular weight is 287 g/mol. The topological polar surface area (TPSA) is 37.8 Å². The van der Waals surface area contributed by atoms with Crippen LogP contribution in [0.5, 0.6) is 0 Å². The minimum Gasteiger partial charge on any atom is -0.373 e. The highest BCUT2D eigenvalue weighted by Gasteiger charge is 2.06. The van der Waals surface area contributed by atoms with Gasteiger partial charge in [0.1, 0.15) is 11.6 Å². The molecule has 2 rings (SSSR count). The van der Waals surface area contributed by atoms with Crippen molar-refractivity contribution in [2.24, 2.45) is 5.92 Å². The second kappa shape index (κ2) is 7.29. The van der Waals surface area contributed by atoms with Crippen molar-refractivity contribution in [2.45, 2.75) is 30.9 Å². The standard InChI is InChI=1S/C16H21N3S/c1-12(2)9-13-10-15(17-3)19-16(18-13)11-20-14-7-5-4-6-8-14/h4-8,10,12H,9,11H2,1-3H3,(H,17,18,19). The van der Waals surface area contributed by atoms with Crippen LogP contribution < -0.4 is 5.32 Å². The Hall–Kier alpha value is -1.55. The lowest BCUT2D eigenvalue weighted by Gasteiger charge is -2.09. The van der Waals surface area contributed by atoms with E-state index in [4.69, 9.17) is 0 Å². The molecular weight excluding hydrogens is 266 g/mol. The van der Waals surface area contributed by atoms with Gasteiger partial charge in [-0.3, -0.25) is 0 Å². The van der Waals surface area contributed by atoms with Gasteiger partial charge in [-0.1, -0.05) is 32.0 Å². The van der Waals surface area contributed by atoms with E-state index in [-0.39, 0.29) is 0 Å². The number of nitrogens with zero attached hydrogens (tertiary/aromatic N) is 2. The number of aromatic nitrogens is 2. The molecule has 0 radical (unpaired) electrons. The molecule has 1 aromatic heterocycles. The average Bonchev–Trinajstić information content (AvgIpc) is 2.45. The Bertz CT molecular complexity index is 541. The summed E-state index contributed by atoms with van der Waals surface area (Å²) < 4.78 is 0. The maximum Gasteiger partial charge on any atom is 0.141 e. The maximum atomic E-state index is 4.66. The molecule has 0 aliphatic carbocycles. The van der Waals surface area contributed by atoms with Crippen LogP contribution in [0, 0.1) is 5.92 Å². The molecule has 0 aliphatic heterocycles. The number of anilines is 1. The SMILES string of the molecule is CNc1cc(CC(C)C)nc(CSc2ccccc2)n1. The van der Waals surface area contributed by atoms with E-state index in [1.807, 2.05) is 19.2 Å². The molecule has 0 amide bonds. The quantitative estimate of drug-likeness (QED) is 0.815. The summed E-state index contributed by atoms with van der Waals surface area (Å²) in [5.41, 5.74) is 1.11. The molecular formula is C16H21N3S. The van der Waals surface area contributed by atoms with E-state index >= 15 is 0 Å². The summed E-state index contributed by atoms with van der Waals surface area (Å²) in [5.74, 6) is 3.19. The number of hydrogen-bond acceptors (Lipinski definition) is 4. The first kappa shape index (κ1) is 14.9. The van der Waals surface area contributed by atoms with Crippen molar-refractivity contribution in [1.29, 1.82) is 0 Å². The molecule has 4 heteroatoms. The second-order valence-electron chi connectivity index (χ2n) is 5.11. The Morgan fingerprint density at radius 3 is 2.55 bits per heavy atom. The first-order valence-corrected chi connectivity index (χ1v) is 7.88. The van der Waals surface area contributed by atoms with Gasteiger partial charge < -0.3 is 5.32 Å². The van der Waals surface area contributed by atoms with Gasteiger partial charge in [-0.05, 0) is 24.5 Å². The highest BCUT2D eigenvalue weighted by atomic mass is 32.2. The molecule has 1 heterocycles. The van der Waals surface area contributed by atoms with Gasteiger partial charge in [0.05, 0.1) is 5.75 Å². The molecule has 20 heavy (non-hydrogen) atoms. The van der Waals surface area contributed by atoms with E-state index in [1.165, 1.54) is 4.90 Å². The van der Waals surface area contributed by atoms with Crippen molar-refractivity contribution in [1.82, 2.24) is 9.97 Å². The molecule has 3 nitrogen and oxygen atoms in total. The van der Waals surface area contributed by atoms with Crippen LogP contribution in [0.3, 0.4) is 0 Å². The monoisotopic (exact) mass is 287 g/mol. The third-order valence-electron chi connectivity index (χ3n) is 2.81. The van der Waals surface area contributed by atoms with Gasteiger partial charge in [0, 0.05) is 23.7 Å². The van der Waals surface area contributed by atoms with E-state index in [2.05, 4.69) is 53.4 Å². The molecule has 0 saturated heterocycles. The van der Waals surface area contributed by atoms with Crippen LogP contribution in [0.15, 0.2) is 41.3 Å². The van der Waals surface area contributed by atoms with E-state index < -0.39 is 0 Å². The van der Waals surface area contributed by atoms with Gasteiger partial charge in [0.15, 0.2) is 0 Å². The minimum absolute atomic E-state index is 0.601. The summed E-state index contributed by atoms with van der Waals surface area (Å²) in [6.45, 7) is 4.42. The van der Waals surface area contributed by atoms with Crippen LogP contribution in [-0.2, 0) is 12.2 Å².